The molecule has 0 atom stereocenters. The van der Waals surface area contributed by atoms with E-state index in [0.717, 1.165) is 16.8 Å². The van der Waals surface area contributed by atoms with Gasteiger partial charge in [-0.3, -0.25) is 9.59 Å². The van der Waals surface area contributed by atoms with Crippen LogP contribution in [0.1, 0.15) is 18.4 Å². The van der Waals surface area contributed by atoms with Crippen molar-refractivity contribution in [1.82, 2.24) is 9.78 Å². The third kappa shape index (κ3) is 4.88. The molecule has 138 valence electrons. The van der Waals surface area contributed by atoms with Gasteiger partial charge in [0.1, 0.15) is 5.82 Å². The van der Waals surface area contributed by atoms with Crippen LogP contribution < -0.4 is 10.9 Å². The van der Waals surface area contributed by atoms with Crippen molar-refractivity contribution in [3.63, 3.8) is 0 Å². The quantitative estimate of drug-likeness (QED) is 0.723. The minimum Gasteiger partial charge on any atom is -0.326 e. The molecule has 0 aliphatic rings. The molecule has 5 nitrogen and oxygen atoms in total. The summed E-state index contributed by atoms with van der Waals surface area (Å²) in [6.07, 6.45) is 0.765. The van der Waals surface area contributed by atoms with E-state index in [1.807, 2.05) is 31.2 Å². The molecule has 6 heteroatoms. The maximum atomic E-state index is 13.1. The largest absolute Gasteiger partial charge is 0.326 e. The summed E-state index contributed by atoms with van der Waals surface area (Å²) in [5.74, 6) is -0.432. The number of hydrogen-bond donors (Lipinski definition) is 1. The second-order valence-corrected chi connectivity index (χ2v) is 6.25. The Bertz CT molecular complexity index is 997. The van der Waals surface area contributed by atoms with E-state index in [1.165, 1.54) is 22.9 Å². The fourth-order valence-electron chi connectivity index (χ4n) is 2.70. The number of hydrogen-bond acceptors (Lipinski definition) is 3. The predicted octanol–water partition coefficient (Wildman–Crippen LogP) is 3.78. The summed E-state index contributed by atoms with van der Waals surface area (Å²) < 4.78 is 14.4. The van der Waals surface area contributed by atoms with Crippen molar-refractivity contribution in [3.8, 4) is 11.3 Å². The molecule has 1 aromatic heterocycles. The monoisotopic (exact) mass is 365 g/mol. The van der Waals surface area contributed by atoms with Gasteiger partial charge in [-0.15, -0.1) is 0 Å². The lowest BCUT2D eigenvalue weighted by atomic mass is 10.1. The molecule has 1 heterocycles. The summed E-state index contributed by atoms with van der Waals surface area (Å²) in [6, 6.07) is 16.5. The van der Waals surface area contributed by atoms with Gasteiger partial charge >= 0.3 is 0 Å². The molecule has 0 spiro atoms. The van der Waals surface area contributed by atoms with Gasteiger partial charge in [-0.1, -0.05) is 18.2 Å². The average Bonchev–Trinajstić information content (AvgIpc) is 2.66. The van der Waals surface area contributed by atoms with Gasteiger partial charge in [-0.25, -0.2) is 9.07 Å². The number of nitrogens with one attached hydrogen (secondary N) is 1. The SMILES string of the molecule is Cc1ccccc1NC(=O)CCCn1nc(-c2ccc(F)cc2)ccc1=O. The molecule has 0 unspecified atom stereocenters. The number of halogens is 1. The number of nitrogens with zero attached hydrogens (tertiary/aromatic N) is 2. The number of anilines is 1. The van der Waals surface area contributed by atoms with Crippen LogP contribution in [0, 0.1) is 12.7 Å². The normalized spacial score (nSPS) is 10.6. The fraction of sp³-hybridized carbons (Fsp3) is 0.190. The number of benzene rings is 2. The topological polar surface area (TPSA) is 64.0 Å². The van der Waals surface area contributed by atoms with E-state index >= 15 is 0 Å². The lowest BCUT2D eigenvalue weighted by Crippen LogP contribution is -2.23. The smallest absolute Gasteiger partial charge is 0.266 e. The van der Waals surface area contributed by atoms with Gasteiger partial charge in [0.2, 0.25) is 5.91 Å². The lowest BCUT2D eigenvalue weighted by Gasteiger charge is -2.09. The van der Waals surface area contributed by atoms with Crippen LogP contribution in [0.2, 0.25) is 0 Å². The van der Waals surface area contributed by atoms with E-state index in [-0.39, 0.29) is 23.7 Å². The zero-order valence-electron chi connectivity index (χ0n) is 15.0. The Morgan fingerprint density at radius 2 is 1.81 bits per heavy atom. The first kappa shape index (κ1) is 18.5. The molecular formula is C21H20FN3O2. The van der Waals surface area contributed by atoms with Crippen LogP contribution in [0.5, 0.6) is 0 Å². The zero-order chi connectivity index (χ0) is 19.2. The molecule has 0 fully saturated rings. The number of para-hydroxylation sites is 1. The van der Waals surface area contributed by atoms with Crippen molar-refractivity contribution >= 4 is 11.6 Å². The molecule has 1 N–H and O–H groups in total. The molecule has 0 radical (unpaired) electrons. The Labute approximate surface area is 156 Å². The third-order valence-corrected chi connectivity index (χ3v) is 4.20. The Morgan fingerprint density at radius 1 is 1.07 bits per heavy atom. The lowest BCUT2D eigenvalue weighted by molar-refractivity contribution is -0.116. The number of amides is 1. The molecule has 0 aliphatic heterocycles. The first-order valence-electron chi connectivity index (χ1n) is 8.72. The highest BCUT2D eigenvalue weighted by molar-refractivity contribution is 5.91. The van der Waals surface area contributed by atoms with E-state index < -0.39 is 0 Å². The van der Waals surface area contributed by atoms with Crippen molar-refractivity contribution in [1.29, 1.82) is 0 Å². The van der Waals surface area contributed by atoms with Crippen molar-refractivity contribution in [3.05, 3.63) is 82.4 Å². The number of carbonyl (C=O) groups is 1. The highest BCUT2D eigenvalue weighted by Crippen LogP contribution is 2.16. The highest BCUT2D eigenvalue weighted by atomic mass is 19.1. The molecule has 1 amide bonds. The molecule has 27 heavy (non-hydrogen) atoms. The van der Waals surface area contributed by atoms with Crippen LogP contribution in [0.25, 0.3) is 11.3 Å². The van der Waals surface area contributed by atoms with Crippen LogP contribution in [0.3, 0.4) is 0 Å². The average molecular weight is 365 g/mol. The summed E-state index contributed by atoms with van der Waals surface area (Å²) in [5, 5.41) is 7.19. The fourth-order valence-corrected chi connectivity index (χ4v) is 2.70. The first-order valence-corrected chi connectivity index (χ1v) is 8.72. The van der Waals surface area contributed by atoms with Crippen molar-refractivity contribution in [2.45, 2.75) is 26.3 Å². The van der Waals surface area contributed by atoms with Gasteiger partial charge in [0, 0.05) is 30.3 Å². The Hall–Kier alpha value is -3.28. The summed E-state index contributed by atoms with van der Waals surface area (Å²) in [6.45, 7) is 2.26. The number of aromatic nitrogens is 2. The third-order valence-electron chi connectivity index (χ3n) is 4.20. The Morgan fingerprint density at radius 3 is 2.56 bits per heavy atom. The Balaban J connectivity index is 1.61. The van der Waals surface area contributed by atoms with Gasteiger partial charge in [0.25, 0.3) is 5.56 Å². The van der Waals surface area contributed by atoms with Gasteiger partial charge in [-0.2, -0.15) is 5.10 Å². The molecule has 0 saturated carbocycles. The molecular weight excluding hydrogens is 345 g/mol. The Kier molecular flexibility index (Phi) is 5.76. The molecule has 0 aliphatic carbocycles. The maximum Gasteiger partial charge on any atom is 0.266 e. The van der Waals surface area contributed by atoms with E-state index in [1.54, 1.807) is 18.2 Å². The molecule has 2 aromatic carbocycles. The number of carbonyl (C=O) groups excluding carboxylic acids is 1. The second-order valence-electron chi connectivity index (χ2n) is 6.25. The van der Waals surface area contributed by atoms with E-state index in [0.29, 0.717) is 18.7 Å². The standard InChI is InChI=1S/C21H20FN3O2/c1-15-5-2-3-6-18(15)23-20(26)7-4-14-25-21(27)13-12-19(24-25)16-8-10-17(22)11-9-16/h2-3,5-6,8-13H,4,7,14H2,1H3,(H,23,26). The summed E-state index contributed by atoms with van der Waals surface area (Å²) in [4.78, 5) is 24.1. The van der Waals surface area contributed by atoms with Crippen LogP contribution in [-0.4, -0.2) is 15.7 Å². The zero-order valence-corrected chi connectivity index (χ0v) is 15.0. The van der Waals surface area contributed by atoms with Crippen LogP contribution in [0.15, 0.2) is 65.5 Å². The predicted molar refractivity (Wildman–Crippen MR) is 103 cm³/mol. The van der Waals surface area contributed by atoms with Crippen molar-refractivity contribution < 1.29 is 9.18 Å². The van der Waals surface area contributed by atoms with Crippen molar-refractivity contribution in [2.24, 2.45) is 0 Å². The minimum atomic E-state index is -0.327. The highest BCUT2D eigenvalue weighted by Gasteiger charge is 2.07. The molecule has 3 aromatic rings. The molecule has 0 saturated heterocycles. The first-order chi connectivity index (χ1) is 13.0. The molecule has 3 rings (SSSR count). The summed E-state index contributed by atoms with van der Waals surface area (Å²) >= 11 is 0. The van der Waals surface area contributed by atoms with Gasteiger partial charge in [0.05, 0.1) is 5.69 Å². The van der Waals surface area contributed by atoms with E-state index in [4.69, 9.17) is 0 Å². The number of rotatable bonds is 6. The second kappa shape index (κ2) is 8.40. The van der Waals surface area contributed by atoms with Crippen LogP contribution >= 0.6 is 0 Å². The summed E-state index contributed by atoms with van der Waals surface area (Å²) in [7, 11) is 0. The van der Waals surface area contributed by atoms with Crippen LogP contribution in [-0.2, 0) is 11.3 Å². The molecule has 0 bridgehead atoms. The van der Waals surface area contributed by atoms with E-state index in [2.05, 4.69) is 10.4 Å². The van der Waals surface area contributed by atoms with Crippen molar-refractivity contribution in [2.75, 3.05) is 5.32 Å². The van der Waals surface area contributed by atoms with E-state index in [9.17, 15) is 14.0 Å². The number of aryl methyl sites for hydroxylation is 2. The van der Waals surface area contributed by atoms with Gasteiger partial charge in [0.15, 0.2) is 0 Å². The van der Waals surface area contributed by atoms with Gasteiger partial charge in [-0.05, 0) is 55.3 Å². The minimum absolute atomic E-state index is 0.105. The maximum absolute atomic E-state index is 13.1. The van der Waals surface area contributed by atoms with Gasteiger partial charge < -0.3 is 5.32 Å². The van der Waals surface area contributed by atoms with Crippen LogP contribution in [0.4, 0.5) is 10.1 Å². The summed E-state index contributed by atoms with van der Waals surface area (Å²) in [5.41, 5.74) is 2.86.